The zero-order valence-electron chi connectivity index (χ0n) is 16.0. The van der Waals surface area contributed by atoms with Crippen LogP contribution in [0.15, 0.2) is 51.5 Å². The number of carbonyl (C=O) groups is 2. The van der Waals surface area contributed by atoms with Crippen LogP contribution in [0, 0.1) is 6.92 Å². The van der Waals surface area contributed by atoms with Crippen molar-refractivity contribution in [1.82, 2.24) is 14.8 Å². The Hall–Kier alpha value is -3.18. The molecule has 0 saturated heterocycles. The fourth-order valence-corrected chi connectivity index (χ4v) is 4.24. The van der Waals surface area contributed by atoms with Gasteiger partial charge in [0, 0.05) is 6.07 Å². The molecule has 0 spiro atoms. The number of benzene rings is 1. The second kappa shape index (κ2) is 10.0. The van der Waals surface area contributed by atoms with E-state index in [1.54, 1.807) is 6.92 Å². The van der Waals surface area contributed by atoms with E-state index in [4.69, 9.17) is 10.5 Å². The number of nitrogens with one attached hydrogen (secondary N) is 1. The third kappa shape index (κ3) is 5.91. The summed E-state index contributed by atoms with van der Waals surface area (Å²) in [6.07, 6.45) is 0. The van der Waals surface area contributed by atoms with E-state index in [9.17, 15) is 14.4 Å². The molecule has 3 N–H and O–H groups in total. The quantitative estimate of drug-likeness (QED) is 0.481. The van der Waals surface area contributed by atoms with Crippen LogP contribution in [0.3, 0.4) is 0 Å². The minimum absolute atomic E-state index is 0.0773. The lowest BCUT2D eigenvalue weighted by atomic mass is 10.3. The molecule has 0 aliphatic rings. The summed E-state index contributed by atoms with van der Waals surface area (Å²) >= 11 is 2.50. The van der Waals surface area contributed by atoms with Crippen LogP contribution in [0.4, 0.5) is 5.13 Å². The number of ether oxygens (including phenoxy) is 1. The standard InChI is InChI=1S/C19H19N5O4S2/c1-12-18(29-11-15(20)25)30-19(21-12)22-17(27)14-7-8-16(26)24(23-14)9-10-28-13-5-3-2-4-6-13/h2-8H,9-11H2,1H3,(H2,20,25)(H,21,22,27). The number of aromatic nitrogens is 3. The van der Waals surface area contributed by atoms with Gasteiger partial charge in [0.2, 0.25) is 5.91 Å². The summed E-state index contributed by atoms with van der Waals surface area (Å²) in [5, 5.41) is 7.15. The molecule has 9 nitrogen and oxygen atoms in total. The van der Waals surface area contributed by atoms with Gasteiger partial charge in [-0.05, 0) is 25.1 Å². The van der Waals surface area contributed by atoms with Crippen molar-refractivity contribution in [3.8, 4) is 5.75 Å². The second-order valence-electron chi connectivity index (χ2n) is 6.04. The van der Waals surface area contributed by atoms with Crippen LogP contribution < -0.4 is 21.3 Å². The Labute approximate surface area is 180 Å². The monoisotopic (exact) mass is 445 g/mol. The van der Waals surface area contributed by atoms with E-state index in [1.807, 2.05) is 30.3 Å². The highest BCUT2D eigenvalue weighted by atomic mass is 32.2. The Balaban J connectivity index is 1.63. The molecule has 3 aromatic rings. The SMILES string of the molecule is Cc1nc(NC(=O)c2ccc(=O)n(CCOc3ccccc3)n2)sc1SCC(N)=O. The number of nitrogens with zero attached hydrogens (tertiary/aromatic N) is 3. The predicted octanol–water partition coefficient (Wildman–Crippen LogP) is 1.92. The molecule has 0 saturated carbocycles. The Morgan fingerprint density at radius 2 is 2.00 bits per heavy atom. The fourth-order valence-electron chi connectivity index (χ4n) is 2.36. The summed E-state index contributed by atoms with van der Waals surface area (Å²) in [7, 11) is 0. The van der Waals surface area contributed by atoms with E-state index in [1.165, 1.54) is 39.9 Å². The van der Waals surface area contributed by atoms with Crippen LogP contribution in [-0.2, 0) is 11.3 Å². The zero-order valence-corrected chi connectivity index (χ0v) is 17.7. The van der Waals surface area contributed by atoms with Gasteiger partial charge in [0.15, 0.2) is 5.13 Å². The van der Waals surface area contributed by atoms with Gasteiger partial charge in [-0.2, -0.15) is 5.10 Å². The number of thiazole rings is 1. The first-order valence-corrected chi connectivity index (χ1v) is 10.7. The molecule has 0 aliphatic carbocycles. The molecule has 2 heterocycles. The van der Waals surface area contributed by atoms with Crippen molar-refractivity contribution < 1.29 is 14.3 Å². The van der Waals surface area contributed by atoms with Crippen LogP contribution in [-0.4, -0.2) is 38.9 Å². The number of carbonyl (C=O) groups excluding carboxylic acids is 2. The molecule has 156 valence electrons. The van der Waals surface area contributed by atoms with Crippen LogP contribution in [0.5, 0.6) is 5.75 Å². The molecule has 0 unspecified atom stereocenters. The van der Waals surface area contributed by atoms with Crippen molar-refractivity contribution in [2.24, 2.45) is 5.73 Å². The van der Waals surface area contributed by atoms with Crippen LogP contribution in [0.25, 0.3) is 0 Å². The molecule has 0 aliphatic heterocycles. The maximum absolute atomic E-state index is 12.5. The highest BCUT2D eigenvalue weighted by Gasteiger charge is 2.15. The van der Waals surface area contributed by atoms with E-state index in [-0.39, 0.29) is 30.2 Å². The predicted molar refractivity (Wildman–Crippen MR) is 115 cm³/mol. The number of hydrogen-bond donors (Lipinski definition) is 2. The molecular formula is C19H19N5O4S2. The van der Waals surface area contributed by atoms with Crippen molar-refractivity contribution >= 4 is 40.0 Å². The van der Waals surface area contributed by atoms with Gasteiger partial charge in [-0.3, -0.25) is 19.7 Å². The average molecular weight is 446 g/mol. The van der Waals surface area contributed by atoms with Gasteiger partial charge < -0.3 is 10.5 Å². The molecule has 0 radical (unpaired) electrons. The molecule has 11 heteroatoms. The van der Waals surface area contributed by atoms with Crippen molar-refractivity contribution in [1.29, 1.82) is 0 Å². The number of rotatable bonds is 9. The normalized spacial score (nSPS) is 10.6. The average Bonchev–Trinajstić information content (AvgIpc) is 3.07. The Bertz CT molecular complexity index is 1100. The lowest BCUT2D eigenvalue weighted by Gasteiger charge is -2.08. The van der Waals surface area contributed by atoms with Gasteiger partial charge in [0.1, 0.15) is 18.1 Å². The number of primary amides is 1. The van der Waals surface area contributed by atoms with Crippen molar-refractivity contribution in [2.75, 3.05) is 17.7 Å². The minimum atomic E-state index is -0.493. The van der Waals surface area contributed by atoms with Gasteiger partial charge in [-0.15, -0.1) is 11.8 Å². The summed E-state index contributed by atoms with van der Waals surface area (Å²) in [5.74, 6) is -0.105. The Morgan fingerprint density at radius 1 is 1.23 bits per heavy atom. The first-order valence-electron chi connectivity index (χ1n) is 8.88. The zero-order chi connectivity index (χ0) is 21.5. The molecule has 2 aromatic heterocycles. The number of thioether (sulfide) groups is 1. The molecule has 0 bridgehead atoms. The summed E-state index contributed by atoms with van der Waals surface area (Å²) in [5.41, 5.74) is 5.59. The maximum Gasteiger partial charge on any atom is 0.277 e. The third-order valence-corrected chi connectivity index (χ3v) is 6.19. The number of nitrogens with two attached hydrogens (primary N) is 1. The Morgan fingerprint density at radius 3 is 2.73 bits per heavy atom. The van der Waals surface area contributed by atoms with E-state index in [0.29, 0.717) is 16.6 Å². The molecule has 1 aromatic carbocycles. The molecule has 0 fully saturated rings. The van der Waals surface area contributed by atoms with Crippen molar-refractivity contribution in [3.05, 3.63) is 64.2 Å². The number of para-hydroxylation sites is 1. The molecule has 0 atom stereocenters. The fraction of sp³-hybridized carbons (Fsp3) is 0.211. The lowest BCUT2D eigenvalue weighted by Crippen LogP contribution is -2.28. The first kappa shape index (κ1) is 21.5. The Kier molecular flexibility index (Phi) is 7.20. The summed E-state index contributed by atoms with van der Waals surface area (Å²) in [4.78, 5) is 39.8. The molecular weight excluding hydrogens is 426 g/mol. The third-order valence-electron chi connectivity index (χ3n) is 3.73. The van der Waals surface area contributed by atoms with E-state index >= 15 is 0 Å². The number of amides is 2. The van der Waals surface area contributed by atoms with Gasteiger partial charge in [-0.1, -0.05) is 29.5 Å². The first-order chi connectivity index (χ1) is 14.4. The van der Waals surface area contributed by atoms with Gasteiger partial charge in [0.05, 0.1) is 22.2 Å². The number of anilines is 1. The van der Waals surface area contributed by atoms with E-state index in [2.05, 4.69) is 15.4 Å². The smallest absolute Gasteiger partial charge is 0.277 e. The van der Waals surface area contributed by atoms with Crippen molar-refractivity contribution in [2.45, 2.75) is 17.7 Å². The van der Waals surface area contributed by atoms with Gasteiger partial charge in [0.25, 0.3) is 11.5 Å². The van der Waals surface area contributed by atoms with E-state index < -0.39 is 11.8 Å². The second-order valence-corrected chi connectivity index (χ2v) is 8.29. The summed E-state index contributed by atoms with van der Waals surface area (Å²) in [6, 6.07) is 11.8. The highest BCUT2D eigenvalue weighted by molar-refractivity contribution is 8.01. The molecule has 3 rings (SSSR count). The van der Waals surface area contributed by atoms with Crippen molar-refractivity contribution in [3.63, 3.8) is 0 Å². The van der Waals surface area contributed by atoms with Crippen LogP contribution in [0.2, 0.25) is 0 Å². The molecule has 2 amide bonds. The summed E-state index contributed by atoms with van der Waals surface area (Å²) in [6.45, 7) is 2.20. The van der Waals surface area contributed by atoms with Crippen LogP contribution in [0.1, 0.15) is 16.2 Å². The number of aryl methyl sites for hydroxylation is 1. The lowest BCUT2D eigenvalue weighted by molar-refractivity contribution is -0.115. The topological polar surface area (TPSA) is 129 Å². The van der Waals surface area contributed by atoms with Gasteiger partial charge >= 0.3 is 0 Å². The van der Waals surface area contributed by atoms with Crippen LogP contribution >= 0.6 is 23.1 Å². The minimum Gasteiger partial charge on any atom is -0.492 e. The summed E-state index contributed by atoms with van der Waals surface area (Å²) < 4.78 is 7.54. The van der Waals surface area contributed by atoms with Gasteiger partial charge in [-0.25, -0.2) is 9.67 Å². The van der Waals surface area contributed by atoms with E-state index in [0.717, 1.165) is 4.21 Å². The molecule has 30 heavy (non-hydrogen) atoms. The maximum atomic E-state index is 12.5. The highest BCUT2D eigenvalue weighted by Crippen LogP contribution is 2.31. The largest absolute Gasteiger partial charge is 0.492 e. The number of hydrogen-bond acceptors (Lipinski definition) is 8.